The van der Waals surface area contributed by atoms with Gasteiger partial charge in [-0.1, -0.05) is 31.0 Å². The molecule has 0 amide bonds. The highest BCUT2D eigenvalue weighted by atomic mass is 16.5. The molecular weight excluding hydrogens is 260 g/mol. The fourth-order valence-corrected chi connectivity index (χ4v) is 3.15. The minimum absolute atomic E-state index is 0.329. The molecule has 0 aromatic heterocycles. The van der Waals surface area contributed by atoms with E-state index < -0.39 is 0 Å². The molecule has 1 atom stereocenters. The molecule has 1 aliphatic carbocycles. The van der Waals surface area contributed by atoms with Gasteiger partial charge in [-0.3, -0.25) is 0 Å². The molecule has 0 spiro atoms. The zero-order valence-corrected chi connectivity index (χ0v) is 14.0. The van der Waals surface area contributed by atoms with Crippen LogP contribution in [0.15, 0.2) is 18.2 Å². The van der Waals surface area contributed by atoms with Gasteiger partial charge in [0, 0.05) is 24.7 Å². The summed E-state index contributed by atoms with van der Waals surface area (Å²) in [6, 6.07) is 6.78. The van der Waals surface area contributed by atoms with Crippen LogP contribution < -0.4 is 10.1 Å². The number of hydrogen-bond acceptors (Lipinski definition) is 3. The summed E-state index contributed by atoms with van der Waals surface area (Å²) < 4.78 is 5.56. The highest BCUT2D eigenvalue weighted by Gasteiger charge is 2.22. The van der Waals surface area contributed by atoms with Crippen LogP contribution in [0.4, 0.5) is 0 Å². The number of rotatable bonds is 8. The van der Waals surface area contributed by atoms with Gasteiger partial charge in [-0.2, -0.15) is 0 Å². The molecule has 21 heavy (non-hydrogen) atoms. The Morgan fingerprint density at radius 1 is 1.38 bits per heavy atom. The third kappa shape index (κ3) is 4.45. The Bertz CT molecular complexity index is 443. The number of nitrogens with one attached hydrogen (secondary N) is 1. The van der Waals surface area contributed by atoms with Crippen molar-refractivity contribution >= 4 is 0 Å². The van der Waals surface area contributed by atoms with Gasteiger partial charge in [0.15, 0.2) is 0 Å². The summed E-state index contributed by atoms with van der Waals surface area (Å²) in [5.41, 5.74) is 2.56. The number of benzene rings is 1. The predicted octanol–water partition coefficient (Wildman–Crippen LogP) is 3.39. The molecule has 118 valence electrons. The van der Waals surface area contributed by atoms with E-state index >= 15 is 0 Å². The molecule has 1 aromatic carbocycles. The van der Waals surface area contributed by atoms with E-state index in [4.69, 9.17) is 4.74 Å². The van der Waals surface area contributed by atoms with Crippen molar-refractivity contribution in [1.82, 2.24) is 10.2 Å². The van der Waals surface area contributed by atoms with Crippen LogP contribution in [-0.2, 0) is 0 Å². The van der Waals surface area contributed by atoms with Crippen LogP contribution in [0.25, 0.3) is 0 Å². The molecule has 3 heteroatoms. The van der Waals surface area contributed by atoms with Crippen LogP contribution >= 0.6 is 0 Å². The maximum Gasteiger partial charge on any atom is 0.123 e. The second-order valence-electron chi connectivity index (χ2n) is 6.37. The Labute approximate surface area is 129 Å². The van der Waals surface area contributed by atoms with Gasteiger partial charge in [0.2, 0.25) is 0 Å². The van der Waals surface area contributed by atoms with Gasteiger partial charge in [-0.15, -0.1) is 0 Å². The van der Waals surface area contributed by atoms with E-state index in [0.717, 1.165) is 24.8 Å². The number of nitrogens with zero attached hydrogens (tertiary/aromatic N) is 1. The average molecular weight is 290 g/mol. The Balaban J connectivity index is 2.07. The number of likely N-dealkylation sites (N-methyl/N-ethyl adjacent to an activating group) is 2. The Morgan fingerprint density at radius 2 is 2.14 bits per heavy atom. The smallest absolute Gasteiger partial charge is 0.123 e. The van der Waals surface area contributed by atoms with Crippen molar-refractivity contribution in [3.05, 3.63) is 29.3 Å². The second-order valence-corrected chi connectivity index (χ2v) is 6.37. The van der Waals surface area contributed by atoms with Crippen molar-refractivity contribution in [3.8, 4) is 5.75 Å². The molecule has 1 N–H and O–H groups in total. The van der Waals surface area contributed by atoms with Gasteiger partial charge in [-0.05, 0) is 45.3 Å². The molecule has 1 unspecified atom stereocenters. The molecule has 0 saturated heterocycles. The van der Waals surface area contributed by atoms with Crippen molar-refractivity contribution in [1.29, 1.82) is 0 Å². The summed E-state index contributed by atoms with van der Waals surface area (Å²) in [5, 5.41) is 3.62. The van der Waals surface area contributed by atoms with E-state index in [1.807, 2.05) is 0 Å². The molecule has 1 fully saturated rings. The lowest BCUT2D eigenvalue weighted by molar-refractivity contribution is 0.191. The number of methoxy groups -OCH3 is 1. The molecule has 0 radical (unpaired) electrons. The third-order valence-electron chi connectivity index (χ3n) is 4.50. The number of ether oxygens (including phenoxy) is 1. The summed E-state index contributed by atoms with van der Waals surface area (Å²) in [6.07, 6.45) is 4.23. The number of hydrogen-bond donors (Lipinski definition) is 1. The van der Waals surface area contributed by atoms with E-state index in [1.54, 1.807) is 7.11 Å². The van der Waals surface area contributed by atoms with Crippen LogP contribution in [0.5, 0.6) is 5.75 Å². The summed E-state index contributed by atoms with van der Waals surface area (Å²) in [5.74, 6) is 1.90. The van der Waals surface area contributed by atoms with Gasteiger partial charge >= 0.3 is 0 Å². The third-order valence-corrected chi connectivity index (χ3v) is 4.50. The first-order chi connectivity index (χ1) is 10.1. The summed E-state index contributed by atoms with van der Waals surface area (Å²) in [6.45, 7) is 7.53. The Morgan fingerprint density at radius 3 is 2.71 bits per heavy atom. The minimum Gasteiger partial charge on any atom is -0.496 e. The first kappa shape index (κ1) is 16.3. The zero-order valence-electron chi connectivity index (χ0n) is 14.0. The lowest BCUT2D eigenvalue weighted by Gasteiger charge is -2.32. The topological polar surface area (TPSA) is 24.5 Å². The van der Waals surface area contributed by atoms with Crippen LogP contribution in [0, 0.1) is 12.8 Å². The molecule has 2 rings (SSSR count). The van der Waals surface area contributed by atoms with E-state index in [0.29, 0.717) is 6.04 Å². The highest BCUT2D eigenvalue weighted by molar-refractivity contribution is 5.39. The molecular formula is C18H30N2O. The lowest BCUT2D eigenvalue weighted by Crippen LogP contribution is -2.37. The van der Waals surface area contributed by atoms with Crippen LogP contribution in [-0.4, -0.2) is 38.7 Å². The fraction of sp³-hybridized carbons (Fsp3) is 0.667. The lowest BCUT2D eigenvalue weighted by atomic mass is 9.85. The van der Waals surface area contributed by atoms with Crippen molar-refractivity contribution in [2.75, 3.05) is 33.8 Å². The Hall–Kier alpha value is -1.06. The van der Waals surface area contributed by atoms with Crippen LogP contribution in [0.3, 0.4) is 0 Å². The molecule has 1 aromatic rings. The summed E-state index contributed by atoms with van der Waals surface area (Å²) >= 11 is 0. The fourth-order valence-electron chi connectivity index (χ4n) is 3.15. The standard InChI is InChI=1S/C18H30N2O/c1-5-19-17(13-20(3)12-15-7-6-8-15)16-11-14(2)9-10-18(16)21-4/h9-11,15,17,19H,5-8,12-13H2,1-4H3. The van der Waals surface area contributed by atoms with Crippen molar-refractivity contribution in [3.63, 3.8) is 0 Å². The monoisotopic (exact) mass is 290 g/mol. The second kappa shape index (κ2) is 7.81. The van der Waals surface area contributed by atoms with Gasteiger partial charge in [0.1, 0.15) is 5.75 Å². The van der Waals surface area contributed by atoms with Crippen molar-refractivity contribution in [2.24, 2.45) is 5.92 Å². The molecule has 1 saturated carbocycles. The Kier molecular flexibility index (Phi) is 6.07. The van der Waals surface area contributed by atoms with Crippen molar-refractivity contribution < 1.29 is 4.74 Å². The van der Waals surface area contributed by atoms with E-state index in [1.165, 1.54) is 36.9 Å². The molecule has 1 aliphatic rings. The summed E-state index contributed by atoms with van der Waals surface area (Å²) in [7, 11) is 4.00. The van der Waals surface area contributed by atoms with Gasteiger partial charge < -0.3 is 15.0 Å². The van der Waals surface area contributed by atoms with E-state index in [2.05, 4.69) is 49.3 Å². The van der Waals surface area contributed by atoms with Crippen molar-refractivity contribution in [2.45, 2.75) is 39.2 Å². The van der Waals surface area contributed by atoms with Crippen LogP contribution in [0.1, 0.15) is 43.4 Å². The molecule has 3 nitrogen and oxygen atoms in total. The zero-order chi connectivity index (χ0) is 15.2. The highest BCUT2D eigenvalue weighted by Crippen LogP contribution is 2.29. The average Bonchev–Trinajstić information content (AvgIpc) is 2.42. The van der Waals surface area contributed by atoms with E-state index in [-0.39, 0.29) is 0 Å². The maximum atomic E-state index is 5.56. The normalized spacial score (nSPS) is 16.8. The first-order valence-electron chi connectivity index (χ1n) is 8.20. The van der Waals surface area contributed by atoms with Gasteiger partial charge in [0.05, 0.1) is 7.11 Å². The molecule has 0 heterocycles. The van der Waals surface area contributed by atoms with E-state index in [9.17, 15) is 0 Å². The predicted molar refractivity (Wildman–Crippen MR) is 89.0 cm³/mol. The SMILES string of the molecule is CCNC(CN(C)CC1CCC1)c1cc(C)ccc1OC. The first-order valence-corrected chi connectivity index (χ1v) is 8.20. The van der Waals surface area contributed by atoms with Gasteiger partial charge in [0.25, 0.3) is 0 Å². The summed E-state index contributed by atoms with van der Waals surface area (Å²) in [4.78, 5) is 2.47. The quantitative estimate of drug-likeness (QED) is 0.794. The molecule has 0 bridgehead atoms. The minimum atomic E-state index is 0.329. The maximum absolute atomic E-state index is 5.56. The van der Waals surface area contributed by atoms with Gasteiger partial charge in [-0.25, -0.2) is 0 Å². The number of aryl methyl sites for hydroxylation is 1. The van der Waals surface area contributed by atoms with Crippen LogP contribution in [0.2, 0.25) is 0 Å². The molecule has 0 aliphatic heterocycles. The largest absolute Gasteiger partial charge is 0.496 e.